The summed E-state index contributed by atoms with van der Waals surface area (Å²) in [7, 11) is 0. The van der Waals surface area contributed by atoms with Gasteiger partial charge in [-0.25, -0.2) is 9.97 Å². The summed E-state index contributed by atoms with van der Waals surface area (Å²) in [4.78, 5) is 25.3. The second-order valence-electron chi connectivity index (χ2n) is 3.27. The standard InChI is InChI=1S/C10H12N4O/c1-2-3-7-6-8(15)14-10(13-7)9-11-4-5-12-9/h4-6H,2-3H2,1H3,(H,11,12)(H,13,14,15). The lowest BCUT2D eigenvalue weighted by molar-refractivity contribution is 0.867. The molecule has 2 heterocycles. The van der Waals surface area contributed by atoms with Gasteiger partial charge in [0.05, 0.1) is 0 Å². The molecule has 0 amide bonds. The lowest BCUT2D eigenvalue weighted by Gasteiger charge is -2.00. The van der Waals surface area contributed by atoms with Gasteiger partial charge < -0.3 is 9.97 Å². The molecule has 5 nitrogen and oxygen atoms in total. The topological polar surface area (TPSA) is 74.4 Å². The van der Waals surface area contributed by atoms with Crippen molar-refractivity contribution in [1.82, 2.24) is 19.9 Å². The Morgan fingerprint density at radius 3 is 2.93 bits per heavy atom. The molecule has 0 aliphatic heterocycles. The third-order valence-corrected chi connectivity index (χ3v) is 2.02. The van der Waals surface area contributed by atoms with Crippen LogP contribution < -0.4 is 5.56 Å². The maximum absolute atomic E-state index is 11.3. The molecule has 2 N–H and O–H groups in total. The van der Waals surface area contributed by atoms with Crippen LogP contribution in [0.1, 0.15) is 19.0 Å². The van der Waals surface area contributed by atoms with Crippen LogP contribution in [-0.2, 0) is 6.42 Å². The molecule has 78 valence electrons. The molecular formula is C10H12N4O. The highest BCUT2D eigenvalue weighted by molar-refractivity contribution is 5.42. The first-order valence-corrected chi connectivity index (χ1v) is 4.89. The minimum atomic E-state index is -0.139. The predicted octanol–water partition coefficient (Wildman–Crippen LogP) is 1.11. The van der Waals surface area contributed by atoms with Crippen molar-refractivity contribution in [3.63, 3.8) is 0 Å². The highest BCUT2D eigenvalue weighted by Crippen LogP contribution is 2.07. The fourth-order valence-corrected chi connectivity index (χ4v) is 1.40. The normalized spacial score (nSPS) is 10.5. The summed E-state index contributed by atoms with van der Waals surface area (Å²) in [5.74, 6) is 1.08. The van der Waals surface area contributed by atoms with Crippen LogP contribution in [0.3, 0.4) is 0 Å². The summed E-state index contributed by atoms with van der Waals surface area (Å²) < 4.78 is 0. The summed E-state index contributed by atoms with van der Waals surface area (Å²) in [6.07, 6.45) is 5.09. The van der Waals surface area contributed by atoms with Crippen molar-refractivity contribution < 1.29 is 0 Å². The monoisotopic (exact) mass is 204 g/mol. The first-order chi connectivity index (χ1) is 7.29. The SMILES string of the molecule is CCCc1cc(=O)[nH]c(-c2ncc[nH]2)n1. The maximum atomic E-state index is 11.3. The minimum Gasteiger partial charge on any atom is -0.342 e. The van der Waals surface area contributed by atoms with Gasteiger partial charge in [-0.15, -0.1) is 0 Å². The number of aromatic nitrogens is 4. The Labute approximate surface area is 86.6 Å². The number of nitrogens with zero attached hydrogens (tertiary/aromatic N) is 2. The van der Waals surface area contributed by atoms with Crippen LogP contribution in [0, 0.1) is 0 Å². The highest BCUT2D eigenvalue weighted by atomic mass is 16.1. The van der Waals surface area contributed by atoms with Crippen LogP contribution in [0.4, 0.5) is 0 Å². The predicted molar refractivity (Wildman–Crippen MR) is 56.4 cm³/mol. The van der Waals surface area contributed by atoms with Crippen molar-refractivity contribution in [2.45, 2.75) is 19.8 Å². The molecule has 15 heavy (non-hydrogen) atoms. The van der Waals surface area contributed by atoms with Crippen molar-refractivity contribution in [3.8, 4) is 11.6 Å². The quantitative estimate of drug-likeness (QED) is 0.786. The Balaban J connectivity index is 2.44. The summed E-state index contributed by atoms with van der Waals surface area (Å²) in [6, 6.07) is 1.52. The Morgan fingerprint density at radius 2 is 2.27 bits per heavy atom. The average molecular weight is 204 g/mol. The molecule has 0 radical (unpaired) electrons. The third kappa shape index (κ3) is 2.12. The molecule has 0 fully saturated rings. The van der Waals surface area contributed by atoms with Crippen LogP contribution >= 0.6 is 0 Å². The Kier molecular flexibility index (Phi) is 2.62. The fourth-order valence-electron chi connectivity index (χ4n) is 1.40. The number of H-pyrrole nitrogens is 2. The van der Waals surface area contributed by atoms with Gasteiger partial charge in [-0.3, -0.25) is 4.79 Å². The zero-order chi connectivity index (χ0) is 10.7. The molecule has 0 spiro atoms. The number of hydrogen-bond donors (Lipinski definition) is 2. The molecule has 0 aromatic carbocycles. The van der Waals surface area contributed by atoms with Crippen LogP contribution in [-0.4, -0.2) is 19.9 Å². The second kappa shape index (κ2) is 4.08. The van der Waals surface area contributed by atoms with Crippen LogP contribution in [0.15, 0.2) is 23.3 Å². The van der Waals surface area contributed by atoms with Crippen molar-refractivity contribution in [1.29, 1.82) is 0 Å². The zero-order valence-corrected chi connectivity index (χ0v) is 8.45. The van der Waals surface area contributed by atoms with Crippen molar-refractivity contribution >= 4 is 0 Å². The van der Waals surface area contributed by atoms with E-state index < -0.39 is 0 Å². The van der Waals surface area contributed by atoms with Gasteiger partial charge in [0.15, 0.2) is 11.6 Å². The van der Waals surface area contributed by atoms with Gasteiger partial charge in [-0.2, -0.15) is 0 Å². The molecule has 0 aliphatic rings. The van der Waals surface area contributed by atoms with E-state index in [-0.39, 0.29) is 5.56 Å². The van der Waals surface area contributed by atoms with E-state index in [0.717, 1.165) is 18.5 Å². The summed E-state index contributed by atoms with van der Waals surface area (Å²) >= 11 is 0. The van der Waals surface area contributed by atoms with Gasteiger partial charge in [0.2, 0.25) is 0 Å². The van der Waals surface area contributed by atoms with Gasteiger partial charge in [-0.05, 0) is 6.42 Å². The Morgan fingerprint density at radius 1 is 1.40 bits per heavy atom. The molecule has 0 saturated heterocycles. The summed E-state index contributed by atoms with van der Waals surface area (Å²) in [5.41, 5.74) is 0.660. The molecule has 2 rings (SSSR count). The highest BCUT2D eigenvalue weighted by Gasteiger charge is 2.04. The van der Waals surface area contributed by atoms with E-state index >= 15 is 0 Å². The largest absolute Gasteiger partial charge is 0.342 e. The molecule has 0 unspecified atom stereocenters. The molecule has 0 atom stereocenters. The maximum Gasteiger partial charge on any atom is 0.251 e. The van der Waals surface area contributed by atoms with E-state index in [1.807, 2.05) is 0 Å². The summed E-state index contributed by atoms with van der Waals surface area (Å²) in [6.45, 7) is 2.05. The number of hydrogen-bond acceptors (Lipinski definition) is 3. The van der Waals surface area contributed by atoms with Gasteiger partial charge in [0, 0.05) is 24.2 Å². The van der Waals surface area contributed by atoms with Gasteiger partial charge in [0.1, 0.15) is 0 Å². The summed E-state index contributed by atoms with van der Waals surface area (Å²) in [5, 5.41) is 0. The van der Waals surface area contributed by atoms with E-state index in [1.54, 1.807) is 12.4 Å². The molecule has 5 heteroatoms. The van der Waals surface area contributed by atoms with Crippen LogP contribution in [0.2, 0.25) is 0 Å². The van der Waals surface area contributed by atoms with Gasteiger partial charge in [0.25, 0.3) is 5.56 Å². The van der Waals surface area contributed by atoms with E-state index in [0.29, 0.717) is 11.6 Å². The molecule has 2 aromatic rings. The Bertz CT molecular complexity index is 486. The van der Waals surface area contributed by atoms with E-state index in [4.69, 9.17) is 0 Å². The first kappa shape index (κ1) is 9.64. The molecular weight excluding hydrogens is 192 g/mol. The zero-order valence-electron chi connectivity index (χ0n) is 8.45. The number of rotatable bonds is 3. The lowest BCUT2D eigenvalue weighted by Crippen LogP contribution is -2.10. The molecule has 0 saturated carbocycles. The number of aryl methyl sites for hydroxylation is 1. The molecule has 2 aromatic heterocycles. The minimum absolute atomic E-state index is 0.139. The van der Waals surface area contributed by atoms with Crippen molar-refractivity contribution in [2.75, 3.05) is 0 Å². The van der Waals surface area contributed by atoms with Gasteiger partial charge >= 0.3 is 0 Å². The van der Waals surface area contributed by atoms with E-state index in [1.165, 1.54) is 6.07 Å². The first-order valence-electron chi connectivity index (χ1n) is 4.89. The number of aromatic amines is 2. The second-order valence-corrected chi connectivity index (χ2v) is 3.27. The Hall–Kier alpha value is -1.91. The van der Waals surface area contributed by atoms with Crippen molar-refractivity contribution in [3.05, 3.63) is 34.5 Å². The van der Waals surface area contributed by atoms with Crippen molar-refractivity contribution in [2.24, 2.45) is 0 Å². The smallest absolute Gasteiger partial charge is 0.251 e. The fraction of sp³-hybridized carbons (Fsp3) is 0.300. The molecule has 0 aliphatic carbocycles. The average Bonchev–Trinajstić information content (AvgIpc) is 2.70. The van der Waals surface area contributed by atoms with E-state index in [2.05, 4.69) is 26.9 Å². The number of imidazole rings is 1. The number of nitrogens with one attached hydrogen (secondary N) is 2. The van der Waals surface area contributed by atoms with Crippen LogP contribution in [0.5, 0.6) is 0 Å². The molecule has 0 bridgehead atoms. The third-order valence-electron chi connectivity index (χ3n) is 2.02. The lowest BCUT2D eigenvalue weighted by atomic mass is 10.2. The van der Waals surface area contributed by atoms with Gasteiger partial charge in [-0.1, -0.05) is 13.3 Å². The van der Waals surface area contributed by atoms with E-state index in [9.17, 15) is 4.79 Å². The van der Waals surface area contributed by atoms with Crippen LogP contribution in [0.25, 0.3) is 11.6 Å².